The molecule has 0 aliphatic carbocycles. The molecule has 1 aromatic rings. The monoisotopic (exact) mass is 264 g/mol. The van der Waals surface area contributed by atoms with Crippen LogP contribution in [0.15, 0.2) is 18.2 Å². The van der Waals surface area contributed by atoms with Gasteiger partial charge >= 0.3 is 6.18 Å². The first-order valence-corrected chi connectivity index (χ1v) is 5.63. The summed E-state index contributed by atoms with van der Waals surface area (Å²) in [5, 5.41) is 10.1. The van der Waals surface area contributed by atoms with Gasteiger partial charge in [-0.3, -0.25) is 0 Å². The van der Waals surface area contributed by atoms with Crippen LogP contribution in [-0.4, -0.2) is 5.11 Å². The fraction of sp³-hybridized carbons (Fsp3) is 0.538. The fourth-order valence-corrected chi connectivity index (χ4v) is 1.99. The van der Waals surface area contributed by atoms with Crippen LogP contribution in [0, 0.1) is 11.7 Å². The third kappa shape index (κ3) is 3.45. The molecule has 0 saturated carbocycles. The Morgan fingerprint density at radius 2 is 1.78 bits per heavy atom. The lowest BCUT2D eigenvalue weighted by Crippen LogP contribution is -2.24. The molecule has 0 aliphatic heterocycles. The number of hydrogen-bond donors (Lipinski definition) is 1. The van der Waals surface area contributed by atoms with Crippen molar-refractivity contribution < 1.29 is 22.7 Å². The van der Waals surface area contributed by atoms with E-state index in [1.807, 2.05) is 13.8 Å². The predicted octanol–water partition coefficient (Wildman–Crippen LogP) is 4.10. The number of hydrogen-bond acceptors (Lipinski definition) is 1. The van der Waals surface area contributed by atoms with E-state index in [-0.39, 0.29) is 11.5 Å². The van der Waals surface area contributed by atoms with Crippen molar-refractivity contribution >= 4 is 0 Å². The maximum absolute atomic E-state index is 13.4. The van der Waals surface area contributed by atoms with Crippen LogP contribution < -0.4 is 0 Å². The quantitative estimate of drug-likeness (QED) is 0.815. The fourth-order valence-electron chi connectivity index (χ4n) is 1.99. The lowest BCUT2D eigenvalue weighted by atomic mass is 9.87. The van der Waals surface area contributed by atoms with E-state index in [2.05, 4.69) is 0 Å². The van der Waals surface area contributed by atoms with Gasteiger partial charge in [-0.15, -0.1) is 0 Å². The van der Waals surface area contributed by atoms with Crippen LogP contribution in [0.25, 0.3) is 0 Å². The Morgan fingerprint density at radius 1 is 1.22 bits per heavy atom. The van der Waals surface area contributed by atoms with Gasteiger partial charge in [-0.1, -0.05) is 19.9 Å². The summed E-state index contributed by atoms with van der Waals surface area (Å²) < 4.78 is 50.5. The largest absolute Gasteiger partial charge is 0.419 e. The molecular formula is C13H16F4O. The summed E-state index contributed by atoms with van der Waals surface area (Å²) in [5.41, 5.74) is -2.49. The first-order valence-electron chi connectivity index (χ1n) is 5.63. The highest BCUT2D eigenvalue weighted by molar-refractivity contribution is 5.30. The molecule has 0 aromatic heterocycles. The number of aliphatic hydroxyl groups is 1. The molecule has 0 heterocycles. The number of halogens is 4. The van der Waals surface area contributed by atoms with Crippen molar-refractivity contribution in [1.29, 1.82) is 0 Å². The zero-order valence-electron chi connectivity index (χ0n) is 10.5. The molecular weight excluding hydrogens is 248 g/mol. The zero-order chi connectivity index (χ0) is 14.1. The van der Waals surface area contributed by atoms with Gasteiger partial charge in [-0.25, -0.2) is 4.39 Å². The average molecular weight is 264 g/mol. The van der Waals surface area contributed by atoms with Crippen molar-refractivity contribution in [2.24, 2.45) is 5.92 Å². The van der Waals surface area contributed by atoms with E-state index >= 15 is 0 Å². The second-order valence-corrected chi connectivity index (χ2v) is 5.06. The number of rotatable bonds is 3. The zero-order valence-corrected chi connectivity index (χ0v) is 10.5. The molecule has 0 amide bonds. The van der Waals surface area contributed by atoms with Crippen molar-refractivity contribution in [2.75, 3.05) is 0 Å². The summed E-state index contributed by atoms with van der Waals surface area (Å²) in [6.07, 6.45) is -4.37. The molecule has 1 nitrogen and oxygen atoms in total. The van der Waals surface area contributed by atoms with Gasteiger partial charge in [0.05, 0.1) is 11.2 Å². The van der Waals surface area contributed by atoms with Gasteiger partial charge in [0.1, 0.15) is 5.82 Å². The van der Waals surface area contributed by atoms with Crippen LogP contribution in [0.3, 0.4) is 0 Å². The van der Waals surface area contributed by atoms with Gasteiger partial charge in [0, 0.05) is 0 Å². The first kappa shape index (κ1) is 15.0. The summed E-state index contributed by atoms with van der Waals surface area (Å²) >= 11 is 0. The molecule has 0 fully saturated rings. The van der Waals surface area contributed by atoms with Crippen LogP contribution in [0.2, 0.25) is 0 Å². The molecule has 1 aromatic carbocycles. The Morgan fingerprint density at radius 3 is 2.17 bits per heavy atom. The summed E-state index contributed by atoms with van der Waals surface area (Å²) in [5.74, 6) is -1.21. The van der Waals surface area contributed by atoms with Gasteiger partial charge in [-0.2, -0.15) is 13.2 Å². The van der Waals surface area contributed by atoms with Crippen LogP contribution in [0.4, 0.5) is 17.6 Å². The highest BCUT2D eigenvalue weighted by Crippen LogP contribution is 2.34. The van der Waals surface area contributed by atoms with Crippen LogP contribution in [-0.2, 0) is 11.8 Å². The third-order valence-electron chi connectivity index (χ3n) is 2.70. The molecule has 0 bridgehead atoms. The molecule has 18 heavy (non-hydrogen) atoms. The summed E-state index contributed by atoms with van der Waals surface area (Å²) in [6.45, 7) is 5.21. The third-order valence-corrected chi connectivity index (χ3v) is 2.70. The maximum atomic E-state index is 13.4. The van der Waals surface area contributed by atoms with E-state index in [9.17, 15) is 22.7 Å². The lowest BCUT2D eigenvalue weighted by Gasteiger charge is -2.26. The van der Waals surface area contributed by atoms with Crippen LogP contribution in [0.1, 0.15) is 38.3 Å². The molecule has 102 valence electrons. The molecule has 1 N–H and O–H groups in total. The Balaban J connectivity index is 3.12. The maximum Gasteiger partial charge on any atom is 0.419 e. The topological polar surface area (TPSA) is 20.2 Å². The average Bonchev–Trinajstić information content (AvgIpc) is 2.13. The minimum Gasteiger partial charge on any atom is -0.385 e. The van der Waals surface area contributed by atoms with Gasteiger partial charge in [0.2, 0.25) is 0 Å². The Hall–Kier alpha value is -1.10. The Labute approximate surface area is 103 Å². The molecule has 1 rings (SSSR count). The number of benzene rings is 1. The molecule has 0 aliphatic rings. The van der Waals surface area contributed by atoms with Crippen molar-refractivity contribution in [2.45, 2.75) is 39.0 Å². The highest BCUT2D eigenvalue weighted by atomic mass is 19.4. The molecule has 0 saturated heterocycles. The number of alkyl halides is 3. The van der Waals surface area contributed by atoms with Crippen molar-refractivity contribution in [3.05, 3.63) is 35.1 Å². The van der Waals surface area contributed by atoms with E-state index in [0.717, 1.165) is 12.1 Å². The second kappa shape index (κ2) is 4.88. The normalized spacial score (nSPS) is 15.8. The Kier molecular flexibility index (Phi) is 4.05. The van der Waals surface area contributed by atoms with Gasteiger partial charge in [-0.05, 0) is 37.0 Å². The minimum atomic E-state index is -4.72. The van der Waals surface area contributed by atoms with E-state index in [4.69, 9.17) is 0 Å². The SMILES string of the molecule is CC(C)CC(C)(O)c1ccc(C(F)(F)F)c(F)c1. The highest BCUT2D eigenvalue weighted by Gasteiger charge is 2.35. The van der Waals surface area contributed by atoms with Gasteiger partial charge < -0.3 is 5.11 Å². The predicted molar refractivity (Wildman–Crippen MR) is 60.4 cm³/mol. The van der Waals surface area contributed by atoms with E-state index in [1.165, 1.54) is 6.92 Å². The standard InChI is InChI=1S/C13H16F4O/c1-8(2)7-12(3,18)9-4-5-10(11(14)6-9)13(15,16)17/h4-6,8,18H,7H2,1-3H3. The minimum absolute atomic E-state index is 0.144. The molecule has 1 unspecified atom stereocenters. The first-order chi connectivity index (χ1) is 8.04. The lowest BCUT2D eigenvalue weighted by molar-refractivity contribution is -0.140. The van der Waals surface area contributed by atoms with Crippen molar-refractivity contribution in [1.82, 2.24) is 0 Å². The molecule has 0 spiro atoms. The molecule has 5 heteroatoms. The van der Waals surface area contributed by atoms with Crippen molar-refractivity contribution in [3.63, 3.8) is 0 Å². The van der Waals surface area contributed by atoms with Gasteiger partial charge in [0.25, 0.3) is 0 Å². The second-order valence-electron chi connectivity index (χ2n) is 5.06. The van der Waals surface area contributed by atoms with Gasteiger partial charge in [0.15, 0.2) is 0 Å². The van der Waals surface area contributed by atoms with E-state index in [1.54, 1.807) is 0 Å². The van der Waals surface area contributed by atoms with Crippen molar-refractivity contribution in [3.8, 4) is 0 Å². The smallest absolute Gasteiger partial charge is 0.385 e. The van der Waals surface area contributed by atoms with Crippen LogP contribution >= 0.6 is 0 Å². The summed E-state index contributed by atoms with van der Waals surface area (Å²) in [6, 6.07) is 2.54. The summed E-state index contributed by atoms with van der Waals surface area (Å²) in [7, 11) is 0. The van der Waals surface area contributed by atoms with E-state index < -0.39 is 23.2 Å². The molecule has 1 atom stereocenters. The van der Waals surface area contributed by atoms with Crippen LogP contribution in [0.5, 0.6) is 0 Å². The molecule has 0 radical (unpaired) electrons. The summed E-state index contributed by atoms with van der Waals surface area (Å²) in [4.78, 5) is 0. The Bertz CT molecular complexity index is 421. The van der Waals surface area contributed by atoms with E-state index in [0.29, 0.717) is 12.5 Å².